The molecule has 0 spiro atoms. The average molecular weight is 326 g/mol. The highest BCUT2D eigenvalue weighted by Gasteiger charge is 2.31. The molecule has 24 heavy (non-hydrogen) atoms. The monoisotopic (exact) mass is 326 g/mol. The van der Waals surface area contributed by atoms with Gasteiger partial charge in [-0.05, 0) is 31.2 Å². The van der Waals surface area contributed by atoms with Crippen LogP contribution < -0.4 is 4.90 Å². The third-order valence-electron chi connectivity index (χ3n) is 3.93. The fourth-order valence-corrected chi connectivity index (χ4v) is 2.60. The van der Waals surface area contributed by atoms with Crippen molar-refractivity contribution in [1.82, 2.24) is 5.06 Å². The van der Waals surface area contributed by atoms with Gasteiger partial charge in [0.2, 0.25) is 6.29 Å². The molecule has 2 atom stereocenters. The van der Waals surface area contributed by atoms with Gasteiger partial charge in [-0.3, -0.25) is 4.79 Å². The Morgan fingerprint density at radius 2 is 1.75 bits per heavy atom. The van der Waals surface area contributed by atoms with Crippen molar-refractivity contribution in [2.75, 3.05) is 25.5 Å². The molecule has 0 saturated carbocycles. The fraction of sp³-hybridized carbons (Fsp3) is 0.316. The second kappa shape index (κ2) is 7.03. The lowest BCUT2D eigenvalue weighted by molar-refractivity contribution is -0.320. The molecule has 1 heterocycles. The molecule has 0 N–H and O–H groups in total. The normalized spacial score (nSPS) is 20.7. The van der Waals surface area contributed by atoms with Crippen molar-refractivity contribution in [1.29, 1.82) is 0 Å². The second-order valence-electron chi connectivity index (χ2n) is 6.10. The highest BCUT2D eigenvalue weighted by atomic mass is 16.8. The van der Waals surface area contributed by atoms with Gasteiger partial charge in [0, 0.05) is 30.9 Å². The standard InChI is InChI=1S/C19H22N2O3/c1-14-13-21(18(22)15-7-5-4-6-8-15)24-19(23-14)16-9-11-17(12-10-16)20(2)3/h4-12,14,19H,13H2,1-3H3/t14-,19+/m0/s1. The average Bonchev–Trinajstić information content (AvgIpc) is 2.61. The maximum atomic E-state index is 12.6. The summed E-state index contributed by atoms with van der Waals surface area (Å²) in [6.45, 7) is 2.34. The van der Waals surface area contributed by atoms with Crippen LogP contribution in [0.25, 0.3) is 0 Å². The van der Waals surface area contributed by atoms with Gasteiger partial charge in [0.1, 0.15) is 0 Å². The first-order valence-corrected chi connectivity index (χ1v) is 8.01. The zero-order valence-electron chi connectivity index (χ0n) is 14.2. The van der Waals surface area contributed by atoms with Gasteiger partial charge in [0.15, 0.2) is 0 Å². The SMILES string of the molecule is C[C@H]1CN(C(=O)c2ccccc2)O[C@H](c2ccc(N(C)C)cc2)O1. The minimum atomic E-state index is -0.586. The van der Waals surface area contributed by atoms with Gasteiger partial charge in [-0.25, -0.2) is 9.90 Å². The van der Waals surface area contributed by atoms with Crippen LogP contribution in [0.3, 0.4) is 0 Å². The quantitative estimate of drug-likeness (QED) is 0.868. The van der Waals surface area contributed by atoms with Crippen molar-refractivity contribution >= 4 is 11.6 Å². The summed E-state index contributed by atoms with van der Waals surface area (Å²) < 4.78 is 5.86. The van der Waals surface area contributed by atoms with E-state index in [0.29, 0.717) is 12.1 Å². The van der Waals surface area contributed by atoms with Crippen LogP contribution in [-0.2, 0) is 9.57 Å². The highest BCUT2D eigenvalue weighted by molar-refractivity contribution is 5.93. The van der Waals surface area contributed by atoms with E-state index in [2.05, 4.69) is 0 Å². The second-order valence-corrected chi connectivity index (χ2v) is 6.10. The number of benzene rings is 2. The molecular formula is C19H22N2O3. The number of amides is 1. The van der Waals surface area contributed by atoms with E-state index < -0.39 is 6.29 Å². The molecule has 0 aliphatic carbocycles. The lowest BCUT2D eigenvalue weighted by Crippen LogP contribution is -2.44. The Kier molecular flexibility index (Phi) is 4.83. The Morgan fingerprint density at radius 1 is 1.08 bits per heavy atom. The minimum Gasteiger partial charge on any atom is -0.378 e. The van der Waals surface area contributed by atoms with Crippen LogP contribution in [0.5, 0.6) is 0 Å². The molecule has 2 aromatic carbocycles. The molecule has 1 aliphatic rings. The summed E-state index contributed by atoms with van der Waals surface area (Å²) in [5.41, 5.74) is 2.59. The summed E-state index contributed by atoms with van der Waals surface area (Å²) in [6, 6.07) is 17.1. The summed E-state index contributed by atoms with van der Waals surface area (Å²) in [5.74, 6) is -0.152. The molecule has 1 aliphatic heterocycles. The largest absolute Gasteiger partial charge is 0.378 e. The number of anilines is 1. The summed E-state index contributed by atoms with van der Waals surface area (Å²) in [7, 11) is 3.98. The Hall–Kier alpha value is -2.37. The fourth-order valence-electron chi connectivity index (χ4n) is 2.60. The van der Waals surface area contributed by atoms with Gasteiger partial charge in [0.05, 0.1) is 12.6 Å². The van der Waals surface area contributed by atoms with Gasteiger partial charge in [-0.1, -0.05) is 30.3 Å². The van der Waals surface area contributed by atoms with E-state index in [-0.39, 0.29) is 12.0 Å². The molecule has 0 radical (unpaired) electrons. The summed E-state index contributed by atoms with van der Waals surface area (Å²) in [5, 5.41) is 1.40. The molecule has 1 amide bonds. The van der Waals surface area contributed by atoms with Crippen LogP contribution >= 0.6 is 0 Å². The molecule has 0 bridgehead atoms. The lowest BCUT2D eigenvalue weighted by Gasteiger charge is -2.36. The molecular weight excluding hydrogens is 304 g/mol. The van der Waals surface area contributed by atoms with Crippen LogP contribution in [-0.4, -0.2) is 37.7 Å². The minimum absolute atomic E-state index is 0.107. The third-order valence-corrected chi connectivity index (χ3v) is 3.93. The number of carbonyl (C=O) groups is 1. The van der Waals surface area contributed by atoms with Crippen LogP contribution in [0, 0.1) is 0 Å². The Morgan fingerprint density at radius 3 is 2.38 bits per heavy atom. The van der Waals surface area contributed by atoms with Gasteiger partial charge in [-0.15, -0.1) is 0 Å². The van der Waals surface area contributed by atoms with Crippen LogP contribution in [0.15, 0.2) is 54.6 Å². The zero-order chi connectivity index (χ0) is 17.1. The number of hydroxylamine groups is 2. The van der Waals surface area contributed by atoms with Gasteiger partial charge >= 0.3 is 0 Å². The van der Waals surface area contributed by atoms with E-state index in [9.17, 15) is 4.79 Å². The zero-order valence-corrected chi connectivity index (χ0v) is 14.2. The number of hydrogen-bond donors (Lipinski definition) is 0. The van der Waals surface area contributed by atoms with Gasteiger partial charge in [0.25, 0.3) is 5.91 Å². The van der Waals surface area contributed by atoms with Crippen molar-refractivity contribution in [2.45, 2.75) is 19.3 Å². The number of hydrogen-bond acceptors (Lipinski definition) is 4. The highest BCUT2D eigenvalue weighted by Crippen LogP contribution is 2.28. The van der Waals surface area contributed by atoms with Crippen LogP contribution in [0.4, 0.5) is 5.69 Å². The smallest absolute Gasteiger partial charge is 0.277 e. The van der Waals surface area contributed by atoms with Crippen molar-refractivity contribution < 1.29 is 14.4 Å². The lowest BCUT2D eigenvalue weighted by atomic mass is 10.1. The Labute approximate surface area is 142 Å². The summed E-state index contributed by atoms with van der Waals surface area (Å²) >= 11 is 0. The molecule has 1 saturated heterocycles. The van der Waals surface area contributed by atoms with E-state index >= 15 is 0 Å². The first-order chi connectivity index (χ1) is 11.5. The van der Waals surface area contributed by atoms with Gasteiger partial charge in [-0.2, -0.15) is 0 Å². The Balaban J connectivity index is 1.77. The van der Waals surface area contributed by atoms with E-state index in [1.807, 2.05) is 68.4 Å². The van der Waals surface area contributed by atoms with E-state index in [1.165, 1.54) is 5.06 Å². The first kappa shape index (κ1) is 16.5. The number of rotatable bonds is 3. The van der Waals surface area contributed by atoms with Crippen molar-refractivity contribution in [3.05, 3.63) is 65.7 Å². The number of ether oxygens (including phenoxy) is 1. The molecule has 0 aromatic heterocycles. The van der Waals surface area contributed by atoms with Crippen molar-refractivity contribution in [3.8, 4) is 0 Å². The maximum absolute atomic E-state index is 12.6. The molecule has 126 valence electrons. The molecule has 5 nitrogen and oxygen atoms in total. The molecule has 3 rings (SSSR count). The van der Waals surface area contributed by atoms with E-state index in [1.54, 1.807) is 12.1 Å². The summed E-state index contributed by atoms with van der Waals surface area (Å²) in [6.07, 6.45) is -0.692. The van der Waals surface area contributed by atoms with Crippen molar-refractivity contribution in [2.24, 2.45) is 0 Å². The van der Waals surface area contributed by atoms with Crippen LogP contribution in [0.2, 0.25) is 0 Å². The number of carbonyl (C=O) groups excluding carboxylic acids is 1. The first-order valence-electron chi connectivity index (χ1n) is 8.01. The predicted octanol–water partition coefficient (Wildman–Crippen LogP) is 3.24. The van der Waals surface area contributed by atoms with Crippen LogP contribution in [0.1, 0.15) is 29.1 Å². The molecule has 0 unspecified atom stereocenters. The Bertz CT molecular complexity index is 686. The molecule has 5 heteroatoms. The number of nitrogens with zero attached hydrogens (tertiary/aromatic N) is 2. The molecule has 1 fully saturated rings. The predicted molar refractivity (Wildman–Crippen MR) is 92.6 cm³/mol. The van der Waals surface area contributed by atoms with E-state index in [0.717, 1.165) is 11.3 Å². The van der Waals surface area contributed by atoms with E-state index in [4.69, 9.17) is 9.57 Å². The topological polar surface area (TPSA) is 42.0 Å². The summed E-state index contributed by atoms with van der Waals surface area (Å²) in [4.78, 5) is 20.4. The third kappa shape index (κ3) is 3.58. The molecule has 2 aromatic rings. The van der Waals surface area contributed by atoms with Crippen molar-refractivity contribution in [3.63, 3.8) is 0 Å². The van der Waals surface area contributed by atoms with Gasteiger partial charge < -0.3 is 9.64 Å². The maximum Gasteiger partial charge on any atom is 0.277 e.